The minimum atomic E-state index is -0.273. The van der Waals surface area contributed by atoms with Crippen LogP contribution in [0.3, 0.4) is 0 Å². The molecule has 0 bridgehead atoms. The molecule has 1 aromatic carbocycles. The molecule has 1 fully saturated rings. The largest absolute Gasteiger partial charge is 0.469 e. The van der Waals surface area contributed by atoms with Gasteiger partial charge in [-0.05, 0) is 55.0 Å². The summed E-state index contributed by atoms with van der Waals surface area (Å²) in [7, 11) is 3.31. The molecular weight excluding hydrogens is 399 g/mol. The fourth-order valence-electron chi connectivity index (χ4n) is 4.27. The summed E-state index contributed by atoms with van der Waals surface area (Å²) in [5.41, 5.74) is 0.987. The Hall–Kier alpha value is -2.67. The van der Waals surface area contributed by atoms with Crippen LogP contribution in [0.5, 0.6) is 0 Å². The number of likely N-dealkylation sites (N-methyl/N-ethyl adjacent to an activating group) is 1. The summed E-state index contributed by atoms with van der Waals surface area (Å²) >= 11 is 0. The lowest BCUT2D eigenvalue weighted by molar-refractivity contribution is -0.139. The average molecular weight is 431 g/mol. The number of carbonyl (C=O) groups is 2. The lowest BCUT2D eigenvalue weighted by Crippen LogP contribution is -2.49. The second-order valence-corrected chi connectivity index (χ2v) is 8.13. The smallest absolute Gasteiger partial charge is 0.248 e. The van der Waals surface area contributed by atoms with E-state index in [2.05, 4.69) is 0 Å². The molecule has 2 heterocycles. The Bertz CT molecular complexity index is 830. The lowest BCUT2D eigenvalue weighted by atomic mass is 9.84. The van der Waals surface area contributed by atoms with Crippen LogP contribution in [0.15, 0.2) is 47.1 Å². The Labute approximate surface area is 183 Å². The van der Waals surface area contributed by atoms with E-state index < -0.39 is 0 Å². The summed E-state index contributed by atoms with van der Waals surface area (Å²) in [5.74, 6) is 0.858. The molecule has 0 spiro atoms. The van der Waals surface area contributed by atoms with Crippen LogP contribution in [0, 0.1) is 11.7 Å². The number of hydrogen-bond donors (Lipinski definition) is 0. The zero-order valence-corrected chi connectivity index (χ0v) is 18.3. The van der Waals surface area contributed by atoms with Gasteiger partial charge in [0, 0.05) is 46.1 Å². The summed E-state index contributed by atoms with van der Waals surface area (Å²) in [6.07, 6.45) is 4.94. The fourth-order valence-corrected chi connectivity index (χ4v) is 4.27. The molecule has 1 aromatic heterocycles. The van der Waals surface area contributed by atoms with Crippen molar-refractivity contribution < 1.29 is 23.1 Å². The van der Waals surface area contributed by atoms with Gasteiger partial charge in [0.05, 0.1) is 6.26 Å². The Morgan fingerprint density at radius 3 is 2.55 bits per heavy atom. The number of nitrogens with zero attached hydrogens (tertiary/aromatic N) is 2. The van der Waals surface area contributed by atoms with E-state index in [1.165, 1.54) is 19.2 Å². The maximum atomic E-state index is 13.3. The van der Waals surface area contributed by atoms with Crippen molar-refractivity contribution in [1.82, 2.24) is 9.80 Å². The fraction of sp³-hybridized carbons (Fsp3) is 0.500. The maximum Gasteiger partial charge on any atom is 0.248 e. The number of rotatable bonds is 9. The van der Waals surface area contributed by atoms with E-state index in [9.17, 15) is 14.0 Å². The van der Waals surface area contributed by atoms with Gasteiger partial charge in [0.25, 0.3) is 0 Å². The minimum absolute atomic E-state index is 0.0283. The summed E-state index contributed by atoms with van der Waals surface area (Å²) in [6, 6.07) is 10.1. The molecule has 7 heteroatoms. The first kappa shape index (κ1) is 23.0. The van der Waals surface area contributed by atoms with E-state index in [1.807, 2.05) is 17.0 Å². The van der Waals surface area contributed by atoms with Crippen LogP contribution in [-0.4, -0.2) is 61.5 Å². The molecule has 0 saturated carbocycles. The van der Waals surface area contributed by atoms with Crippen LogP contribution in [-0.2, 0) is 27.2 Å². The van der Waals surface area contributed by atoms with Crippen LogP contribution in [0.2, 0.25) is 0 Å². The molecule has 6 nitrogen and oxygen atoms in total. The summed E-state index contributed by atoms with van der Waals surface area (Å²) in [4.78, 5) is 28.8. The number of aryl methyl sites for hydroxylation is 1. The van der Waals surface area contributed by atoms with Crippen LogP contribution in [0.25, 0.3) is 0 Å². The topological polar surface area (TPSA) is 63.0 Å². The van der Waals surface area contributed by atoms with Gasteiger partial charge in [0.1, 0.15) is 18.2 Å². The molecule has 3 rings (SSSR count). The number of likely N-dealkylation sites (tertiary alicyclic amines) is 1. The molecule has 0 aliphatic carbocycles. The molecule has 168 valence electrons. The molecule has 1 aliphatic rings. The molecule has 31 heavy (non-hydrogen) atoms. The zero-order chi connectivity index (χ0) is 22.2. The summed E-state index contributed by atoms with van der Waals surface area (Å²) < 4.78 is 23.7. The normalized spacial score (nSPS) is 15.6. The average Bonchev–Trinajstić information content (AvgIpc) is 3.31. The van der Waals surface area contributed by atoms with Crippen LogP contribution >= 0.6 is 0 Å². The first-order valence-electron chi connectivity index (χ1n) is 10.8. The second-order valence-electron chi connectivity index (χ2n) is 8.13. The highest BCUT2D eigenvalue weighted by Crippen LogP contribution is 2.27. The molecule has 1 unspecified atom stereocenters. The predicted octanol–water partition coefficient (Wildman–Crippen LogP) is 3.31. The van der Waals surface area contributed by atoms with Crippen molar-refractivity contribution in [1.29, 1.82) is 0 Å². The molecular formula is C24H31FN2O4. The van der Waals surface area contributed by atoms with Crippen molar-refractivity contribution in [2.75, 3.05) is 33.9 Å². The van der Waals surface area contributed by atoms with Crippen molar-refractivity contribution in [3.05, 3.63) is 59.8 Å². The van der Waals surface area contributed by atoms with Gasteiger partial charge >= 0.3 is 0 Å². The van der Waals surface area contributed by atoms with Gasteiger partial charge < -0.3 is 19.0 Å². The molecule has 1 atom stereocenters. The van der Waals surface area contributed by atoms with Crippen LogP contribution in [0.1, 0.15) is 30.6 Å². The van der Waals surface area contributed by atoms with Crippen molar-refractivity contribution in [2.45, 2.75) is 38.1 Å². The third-order valence-electron chi connectivity index (χ3n) is 6.12. The van der Waals surface area contributed by atoms with Gasteiger partial charge in [0.2, 0.25) is 11.8 Å². The second kappa shape index (κ2) is 11.1. The van der Waals surface area contributed by atoms with E-state index in [0.29, 0.717) is 32.4 Å². The Kier molecular flexibility index (Phi) is 8.23. The highest BCUT2D eigenvalue weighted by molar-refractivity contribution is 5.77. The number of carbonyl (C=O) groups excluding carboxylic acids is 2. The first-order valence-corrected chi connectivity index (χ1v) is 10.8. The van der Waals surface area contributed by atoms with E-state index in [0.717, 1.165) is 24.2 Å². The number of furan rings is 1. The Morgan fingerprint density at radius 2 is 1.94 bits per heavy atom. The monoisotopic (exact) mass is 430 g/mol. The quantitative estimate of drug-likeness (QED) is 0.612. The summed E-state index contributed by atoms with van der Waals surface area (Å²) in [5, 5.41) is 0. The van der Waals surface area contributed by atoms with Gasteiger partial charge in [-0.3, -0.25) is 9.59 Å². The molecule has 1 aliphatic heterocycles. The third kappa shape index (κ3) is 6.40. The summed E-state index contributed by atoms with van der Waals surface area (Å²) in [6.45, 7) is 1.38. The van der Waals surface area contributed by atoms with Crippen LogP contribution < -0.4 is 0 Å². The number of hydrogen-bond acceptors (Lipinski definition) is 4. The minimum Gasteiger partial charge on any atom is -0.469 e. The predicted molar refractivity (Wildman–Crippen MR) is 115 cm³/mol. The van der Waals surface area contributed by atoms with Gasteiger partial charge in [-0.25, -0.2) is 4.39 Å². The number of amides is 2. The molecule has 0 N–H and O–H groups in total. The SMILES string of the molecule is COCC(=O)N(C)C(Cc1ccc(F)cc1)C1CCN(C(=O)CCc2ccco2)CC1. The molecule has 0 radical (unpaired) electrons. The molecule has 1 saturated heterocycles. The van der Waals surface area contributed by atoms with Gasteiger partial charge in [-0.2, -0.15) is 0 Å². The highest BCUT2D eigenvalue weighted by Gasteiger charge is 2.32. The Morgan fingerprint density at radius 1 is 1.23 bits per heavy atom. The number of ether oxygens (including phenoxy) is 1. The van der Waals surface area contributed by atoms with E-state index in [-0.39, 0.29) is 36.2 Å². The van der Waals surface area contributed by atoms with Crippen molar-refractivity contribution in [3.8, 4) is 0 Å². The number of methoxy groups -OCH3 is 1. The molecule has 2 amide bonds. The van der Waals surface area contributed by atoms with Crippen molar-refractivity contribution >= 4 is 11.8 Å². The highest BCUT2D eigenvalue weighted by atomic mass is 19.1. The van der Waals surface area contributed by atoms with Gasteiger partial charge in [-0.15, -0.1) is 0 Å². The lowest BCUT2D eigenvalue weighted by Gasteiger charge is -2.40. The first-order chi connectivity index (χ1) is 15.0. The van der Waals surface area contributed by atoms with Crippen molar-refractivity contribution in [2.24, 2.45) is 5.92 Å². The third-order valence-corrected chi connectivity index (χ3v) is 6.12. The Balaban J connectivity index is 1.60. The van der Waals surface area contributed by atoms with Crippen LogP contribution in [0.4, 0.5) is 4.39 Å². The van der Waals surface area contributed by atoms with E-state index in [4.69, 9.17) is 9.15 Å². The van der Waals surface area contributed by atoms with E-state index in [1.54, 1.807) is 30.3 Å². The molecule has 2 aromatic rings. The van der Waals surface area contributed by atoms with Gasteiger partial charge in [0.15, 0.2) is 0 Å². The maximum absolute atomic E-state index is 13.3. The number of halogens is 1. The number of benzene rings is 1. The standard InChI is InChI=1S/C24H31FN2O4/c1-26(24(29)17-30-2)22(16-18-5-7-20(25)8-6-18)19-11-13-27(14-12-19)23(28)10-9-21-4-3-15-31-21/h3-8,15,19,22H,9-14,16-17H2,1-2H3. The van der Waals surface area contributed by atoms with E-state index >= 15 is 0 Å². The van der Waals surface area contributed by atoms with Gasteiger partial charge in [-0.1, -0.05) is 12.1 Å². The van der Waals surface area contributed by atoms with Crippen molar-refractivity contribution in [3.63, 3.8) is 0 Å². The number of piperidine rings is 1. The zero-order valence-electron chi connectivity index (χ0n) is 18.3.